The van der Waals surface area contributed by atoms with E-state index in [9.17, 15) is 0 Å². The van der Waals surface area contributed by atoms with Gasteiger partial charge < -0.3 is 14.8 Å². The second-order valence-electron chi connectivity index (χ2n) is 4.23. The van der Waals surface area contributed by atoms with Gasteiger partial charge in [-0.15, -0.1) is 0 Å². The highest BCUT2D eigenvalue weighted by molar-refractivity contribution is 5.42. The van der Waals surface area contributed by atoms with E-state index in [0.29, 0.717) is 6.54 Å². The Balaban J connectivity index is 2.41. The van der Waals surface area contributed by atoms with Gasteiger partial charge in [-0.2, -0.15) is 0 Å². The van der Waals surface area contributed by atoms with E-state index in [1.54, 1.807) is 20.4 Å². The zero-order chi connectivity index (χ0) is 13.2. The number of hydrogen-bond donors (Lipinski definition) is 1. The van der Waals surface area contributed by atoms with E-state index in [0.717, 1.165) is 23.7 Å². The third kappa shape index (κ3) is 4.53. The van der Waals surface area contributed by atoms with Crippen LogP contribution in [-0.2, 0) is 6.54 Å². The fraction of sp³-hybridized carbons (Fsp3) is 0.643. The molecule has 0 saturated heterocycles. The van der Waals surface area contributed by atoms with Crippen LogP contribution in [0, 0.1) is 0 Å². The van der Waals surface area contributed by atoms with Gasteiger partial charge in [-0.05, 0) is 13.0 Å². The predicted molar refractivity (Wildman–Crippen MR) is 73.2 cm³/mol. The molecule has 1 aromatic rings. The summed E-state index contributed by atoms with van der Waals surface area (Å²) in [5.74, 6) is 1.45. The quantitative estimate of drug-likeness (QED) is 0.686. The molecule has 4 nitrogen and oxygen atoms in total. The third-order valence-electron chi connectivity index (χ3n) is 2.87. The Morgan fingerprint density at radius 2 is 2.00 bits per heavy atom. The molecule has 0 atom stereocenters. The maximum Gasteiger partial charge on any atom is 0.183 e. The molecule has 0 amide bonds. The summed E-state index contributed by atoms with van der Waals surface area (Å²) >= 11 is 0. The fourth-order valence-corrected chi connectivity index (χ4v) is 1.86. The minimum Gasteiger partial charge on any atom is -0.493 e. The number of hydrogen-bond acceptors (Lipinski definition) is 4. The molecule has 1 rings (SSSR count). The molecule has 4 heteroatoms. The van der Waals surface area contributed by atoms with Crippen LogP contribution < -0.4 is 14.8 Å². The summed E-state index contributed by atoms with van der Waals surface area (Å²) in [7, 11) is 3.28. The van der Waals surface area contributed by atoms with E-state index >= 15 is 0 Å². The zero-order valence-corrected chi connectivity index (χ0v) is 11.7. The normalized spacial score (nSPS) is 10.4. The number of aromatic nitrogens is 1. The Kier molecular flexibility index (Phi) is 7.18. The van der Waals surface area contributed by atoms with E-state index < -0.39 is 0 Å². The van der Waals surface area contributed by atoms with Crippen molar-refractivity contribution in [2.75, 3.05) is 20.8 Å². The molecule has 0 bridgehead atoms. The van der Waals surface area contributed by atoms with Crippen molar-refractivity contribution in [1.82, 2.24) is 10.3 Å². The van der Waals surface area contributed by atoms with E-state index in [4.69, 9.17) is 9.47 Å². The van der Waals surface area contributed by atoms with Crippen LogP contribution in [0.25, 0.3) is 0 Å². The third-order valence-corrected chi connectivity index (χ3v) is 2.87. The Hall–Kier alpha value is -1.29. The van der Waals surface area contributed by atoms with Crippen LogP contribution in [0.2, 0.25) is 0 Å². The van der Waals surface area contributed by atoms with Crippen molar-refractivity contribution >= 4 is 0 Å². The molecule has 0 saturated carbocycles. The van der Waals surface area contributed by atoms with Gasteiger partial charge in [0.15, 0.2) is 11.5 Å². The van der Waals surface area contributed by atoms with Gasteiger partial charge in [-0.25, -0.2) is 0 Å². The summed E-state index contributed by atoms with van der Waals surface area (Å²) in [6, 6.07) is 1.81. The van der Waals surface area contributed by atoms with Crippen molar-refractivity contribution in [3.8, 4) is 11.5 Å². The molecule has 0 fully saturated rings. The number of nitrogens with one attached hydrogen (secondary N) is 1. The minimum atomic E-state index is 0.715. The van der Waals surface area contributed by atoms with Crippen molar-refractivity contribution in [3.05, 3.63) is 18.0 Å². The van der Waals surface area contributed by atoms with Gasteiger partial charge in [0.05, 0.1) is 19.9 Å². The SMILES string of the molecule is CCCCCCNCc1nccc(OC)c1OC. The van der Waals surface area contributed by atoms with Crippen LogP contribution in [0.3, 0.4) is 0 Å². The highest BCUT2D eigenvalue weighted by Gasteiger charge is 2.09. The van der Waals surface area contributed by atoms with Crippen LogP contribution in [0.4, 0.5) is 0 Å². The molecule has 1 heterocycles. The first-order valence-corrected chi connectivity index (χ1v) is 6.60. The summed E-state index contributed by atoms with van der Waals surface area (Å²) in [5.41, 5.74) is 0.896. The molecular formula is C14H24N2O2. The second-order valence-corrected chi connectivity index (χ2v) is 4.23. The van der Waals surface area contributed by atoms with Crippen molar-refractivity contribution in [2.45, 2.75) is 39.2 Å². The lowest BCUT2D eigenvalue weighted by Crippen LogP contribution is -2.16. The van der Waals surface area contributed by atoms with E-state index in [1.165, 1.54) is 25.7 Å². The van der Waals surface area contributed by atoms with Crippen LogP contribution in [0.1, 0.15) is 38.3 Å². The average molecular weight is 252 g/mol. The highest BCUT2D eigenvalue weighted by atomic mass is 16.5. The van der Waals surface area contributed by atoms with Crippen molar-refractivity contribution in [3.63, 3.8) is 0 Å². The smallest absolute Gasteiger partial charge is 0.183 e. The Bertz CT molecular complexity index is 343. The summed E-state index contributed by atoms with van der Waals surface area (Å²) < 4.78 is 10.6. The van der Waals surface area contributed by atoms with Gasteiger partial charge in [0.25, 0.3) is 0 Å². The van der Waals surface area contributed by atoms with E-state index in [-0.39, 0.29) is 0 Å². The number of pyridine rings is 1. The number of rotatable bonds is 9. The monoisotopic (exact) mass is 252 g/mol. The first kappa shape index (κ1) is 14.8. The number of unbranched alkanes of at least 4 members (excludes halogenated alkanes) is 3. The lowest BCUT2D eigenvalue weighted by molar-refractivity contribution is 0.348. The van der Waals surface area contributed by atoms with Gasteiger partial charge in [0.2, 0.25) is 0 Å². The van der Waals surface area contributed by atoms with Crippen molar-refractivity contribution < 1.29 is 9.47 Å². The van der Waals surface area contributed by atoms with Gasteiger partial charge in [0, 0.05) is 18.8 Å². The molecule has 0 aliphatic rings. The number of ether oxygens (including phenoxy) is 2. The molecule has 0 aliphatic carbocycles. The maximum absolute atomic E-state index is 5.34. The lowest BCUT2D eigenvalue weighted by atomic mass is 10.2. The van der Waals surface area contributed by atoms with E-state index in [1.807, 2.05) is 6.07 Å². The van der Waals surface area contributed by atoms with Crippen LogP contribution >= 0.6 is 0 Å². The van der Waals surface area contributed by atoms with Gasteiger partial charge in [0.1, 0.15) is 0 Å². The molecule has 0 aliphatic heterocycles. The van der Waals surface area contributed by atoms with Crippen LogP contribution in [0.5, 0.6) is 11.5 Å². The summed E-state index contributed by atoms with van der Waals surface area (Å²) in [4.78, 5) is 4.32. The number of methoxy groups -OCH3 is 2. The van der Waals surface area contributed by atoms with Crippen molar-refractivity contribution in [2.24, 2.45) is 0 Å². The second kappa shape index (κ2) is 8.75. The Morgan fingerprint density at radius 3 is 2.67 bits per heavy atom. The standard InChI is InChI=1S/C14H24N2O2/c1-4-5-6-7-9-15-11-12-14(18-3)13(17-2)8-10-16-12/h8,10,15H,4-7,9,11H2,1-3H3. The molecule has 1 aromatic heterocycles. The lowest BCUT2D eigenvalue weighted by Gasteiger charge is -2.12. The molecule has 1 N–H and O–H groups in total. The minimum absolute atomic E-state index is 0.715. The number of nitrogens with zero attached hydrogens (tertiary/aromatic N) is 1. The molecular weight excluding hydrogens is 228 g/mol. The fourth-order valence-electron chi connectivity index (χ4n) is 1.86. The summed E-state index contributed by atoms with van der Waals surface area (Å²) in [6.45, 7) is 3.95. The van der Waals surface area contributed by atoms with Crippen LogP contribution in [-0.4, -0.2) is 25.7 Å². The van der Waals surface area contributed by atoms with Crippen LogP contribution in [0.15, 0.2) is 12.3 Å². The average Bonchev–Trinajstić information content (AvgIpc) is 2.42. The molecule has 0 aromatic carbocycles. The zero-order valence-electron chi connectivity index (χ0n) is 11.7. The molecule has 0 spiro atoms. The maximum atomic E-state index is 5.34. The summed E-state index contributed by atoms with van der Waals surface area (Å²) in [6.07, 6.45) is 6.81. The van der Waals surface area contributed by atoms with Crippen molar-refractivity contribution in [1.29, 1.82) is 0 Å². The van der Waals surface area contributed by atoms with Gasteiger partial charge in [-0.3, -0.25) is 4.98 Å². The first-order chi connectivity index (χ1) is 8.83. The molecule has 0 unspecified atom stereocenters. The van der Waals surface area contributed by atoms with E-state index in [2.05, 4.69) is 17.2 Å². The Labute approximate surface area is 110 Å². The Morgan fingerprint density at radius 1 is 1.17 bits per heavy atom. The van der Waals surface area contributed by atoms with Gasteiger partial charge in [-0.1, -0.05) is 26.2 Å². The largest absolute Gasteiger partial charge is 0.493 e. The predicted octanol–water partition coefficient (Wildman–Crippen LogP) is 2.77. The van der Waals surface area contributed by atoms with Gasteiger partial charge >= 0.3 is 0 Å². The summed E-state index contributed by atoms with van der Waals surface area (Å²) in [5, 5.41) is 3.39. The molecule has 0 radical (unpaired) electrons. The highest BCUT2D eigenvalue weighted by Crippen LogP contribution is 2.28. The molecule has 102 valence electrons. The first-order valence-electron chi connectivity index (χ1n) is 6.60. The molecule has 18 heavy (non-hydrogen) atoms. The topological polar surface area (TPSA) is 43.4 Å².